The molecule has 0 aromatic heterocycles. The minimum atomic E-state index is 0.218. The van der Waals surface area contributed by atoms with E-state index < -0.39 is 0 Å². The molecule has 0 saturated carbocycles. The van der Waals surface area contributed by atoms with Crippen LogP contribution < -0.4 is 10.5 Å². The molecule has 0 amide bonds. The maximum absolute atomic E-state index is 5.87. The molecule has 0 saturated heterocycles. The van der Waals surface area contributed by atoms with Gasteiger partial charge < -0.3 is 10.5 Å². The zero-order valence-electron chi connectivity index (χ0n) is 10.1. The largest absolute Gasteiger partial charge is 0.496 e. The van der Waals surface area contributed by atoms with Gasteiger partial charge in [0.25, 0.3) is 0 Å². The van der Waals surface area contributed by atoms with Gasteiger partial charge in [-0.2, -0.15) is 0 Å². The van der Waals surface area contributed by atoms with E-state index in [9.17, 15) is 0 Å². The van der Waals surface area contributed by atoms with Crippen molar-refractivity contribution in [2.75, 3.05) is 7.11 Å². The van der Waals surface area contributed by atoms with E-state index in [0.29, 0.717) is 5.92 Å². The van der Waals surface area contributed by atoms with Crippen LogP contribution in [0.2, 0.25) is 0 Å². The van der Waals surface area contributed by atoms with Gasteiger partial charge in [-0.1, -0.05) is 24.6 Å². The number of benzene rings is 1. The molecular weight excluding hydrogens is 186 g/mol. The number of hydrogen-bond acceptors (Lipinski definition) is 2. The first-order chi connectivity index (χ1) is 7.04. The number of aryl methyl sites for hydroxylation is 1. The highest BCUT2D eigenvalue weighted by molar-refractivity contribution is 5.37. The van der Waals surface area contributed by atoms with Crippen molar-refractivity contribution < 1.29 is 4.74 Å². The number of ether oxygens (including phenoxy) is 1. The second-order valence-corrected chi connectivity index (χ2v) is 4.36. The fraction of sp³-hybridized carbons (Fsp3) is 0.538. The summed E-state index contributed by atoms with van der Waals surface area (Å²) in [6.07, 6.45) is 0.975. The lowest BCUT2D eigenvalue weighted by atomic mass is 9.94. The van der Waals surface area contributed by atoms with E-state index in [4.69, 9.17) is 10.5 Å². The Balaban J connectivity index is 2.87. The third kappa shape index (κ3) is 3.24. The molecule has 0 bridgehead atoms. The third-order valence-electron chi connectivity index (χ3n) is 2.88. The Bertz CT molecular complexity index is 320. The molecule has 2 nitrogen and oxygen atoms in total. The summed E-state index contributed by atoms with van der Waals surface area (Å²) in [4.78, 5) is 0. The molecule has 2 unspecified atom stereocenters. The zero-order chi connectivity index (χ0) is 11.4. The molecule has 0 spiro atoms. The molecule has 0 fully saturated rings. The Labute approximate surface area is 92.4 Å². The second-order valence-electron chi connectivity index (χ2n) is 4.36. The molecule has 0 aliphatic carbocycles. The summed E-state index contributed by atoms with van der Waals surface area (Å²) in [5, 5.41) is 0. The van der Waals surface area contributed by atoms with E-state index in [2.05, 4.69) is 26.0 Å². The fourth-order valence-electron chi connectivity index (χ4n) is 1.60. The van der Waals surface area contributed by atoms with E-state index in [1.807, 2.05) is 13.0 Å². The van der Waals surface area contributed by atoms with Crippen LogP contribution in [0.15, 0.2) is 18.2 Å². The van der Waals surface area contributed by atoms with Crippen molar-refractivity contribution in [1.82, 2.24) is 0 Å². The molecule has 1 aromatic carbocycles. The topological polar surface area (TPSA) is 35.2 Å². The lowest BCUT2D eigenvalue weighted by Gasteiger charge is -2.17. The van der Waals surface area contributed by atoms with E-state index in [1.165, 1.54) is 11.1 Å². The summed E-state index contributed by atoms with van der Waals surface area (Å²) in [7, 11) is 1.71. The number of nitrogens with two attached hydrogens (primary N) is 1. The minimum Gasteiger partial charge on any atom is -0.496 e. The molecule has 2 heteroatoms. The SMILES string of the molecule is COc1ccc(C)cc1CC(C)C(C)N. The average Bonchev–Trinajstić information content (AvgIpc) is 2.18. The van der Waals surface area contributed by atoms with Gasteiger partial charge >= 0.3 is 0 Å². The van der Waals surface area contributed by atoms with Crippen LogP contribution in [-0.2, 0) is 6.42 Å². The van der Waals surface area contributed by atoms with Gasteiger partial charge in [0.15, 0.2) is 0 Å². The van der Waals surface area contributed by atoms with Gasteiger partial charge in [0, 0.05) is 6.04 Å². The van der Waals surface area contributed by atoms with Crippen molar-refractivity contribution in [2.45, 2.75) is 33.2 Å². The van der Waals surface area contributed by atoms with Gasteiger partial charge in [-0.25, -0.2) is 0 Å². The molecular formula is C13H21NO. The van der Waals surface area contributed by atoms with Crippen molar-refractivity contribution >= 4 is 0 Å². The first kappa shape index (κ1) is 12.1. The van der Waals surface area contributed by atoms with E-state index in [0.717, 1.165) is 12.2 Å². The Morgan fingerprint density at radius 2 is 2.00 bits per heavy atom. The molecule has 15 heavy (non-hydrogen) atoms. The Hall–Kier alpha value is -1.02. The Morgan fingerprint density at radius 3 is 2.53 bits per heavy atom. The van der Waals surface area contributed by atoms with Gasteiger partial charge in [-0.3, -0.25) is 0 Å². The number of rotatable bonds is 4. The van der Waals surface area contributed by atoms with E-state index >= 15 is 0 Å². The molecule has 0 heterocycles. The molecule has 0 aliphatic heterocycles. The maximum atomic E-state index is 5.87. The summed E-state index contributed by atoms with van der Waals surface area (Å²) in [5.74, 6) is 1.44. The molecule has 0 aliphatic rings. The van der Waals surface area contributed by atoms with Crippen LogP contribution in [0.4, 0.5) is 0 Å². The highest BCUT2D eigenvalue weighted by atomic mass is 16.5. The van der Waals surface area contributed by atoms with Crippen LogP contribution in [0, 0.1) is 12.8 Å². The fourth-order valence-corrected chi connectivity index (χ4v) is 1.60. The predicted molar refractivity (Wildman–Crippen MR) is 64.2 cm³/mol. The van der Waals surface area contributed by atoms with Gasteiger partial charge in [0.1, 0.15) is 5.75 Å². The quantitative estimate of drug-likeness (QED) is 0.823. The van der Waals surface area contributed by atoms with Crippen LogP contribution in [0.25, 0.3) is 0 Å². The summed E-state index contributed by atoms with van der Waals surface area (Å²) < 4.78 is 5.34. The van der Waals surface area contributed by atoms with E-state index in [-0.39, 0.29) is 6.04 Å². The van der Waals surface area contributed by atoms with Crippen molar-refractivity contribution in [3.05, 3.63) is 29.3 Å². The van der Waals surface area contributed by atoms with Gasteiger partial charge in [0.2, 0.25) is 0 Å². The highest BCUT2D eigenvalue weighted by Crippen LogP contribution is 2.23. The standard InChI is InChI=1S/C13H21NO/c1-9-5-6-13(15-4)12(7-9)8-10(2)11(3)14/h5-7,10-11H,8,14H2,1-4H3. The molecule has 1 rings (SSSR count). The third-order valence-corrected chi connectivity index (χ3v) is 2.88. The summed E-state index contributed by atoms with van der Waals surface area (Å²) in [5.41, 5.74) is 8.39. The van der Waals surface area contributed by atoms with Crippen LogP contribution in [0.1, 0.15) is 25.0 Å². The lowest BCUT2D eigenvalue weighted by molar-refractivity contribution is 0.400. The van der Waals surface area contributed by atoms with Crippen LogP contribution >= 0.6 is 0 Å². The van der Waals surface area contributed by atoms with Crippen molar-refractivity contribution in [3.8, 4) is 5.75 Å². The summed E-state index contributed by atoms with van der Waals surface area (Å²) >= 11 is 0. The zero-order valence-corrected chi connectivity index (χ0v) is 10.1. The van der Waals surface area contributed by atoms with Crippen LogP contribution in [0.3, 0.4) is 0 Å². The molecule has 2 atom stereocenters. The second kappa shape index (κ2) is 5.17. The molecule has 84 valence electrons. The smallest absolute Gasteiger partial charge is 0.122 e. The van der Waals surface area contributed by atoms with E-state index in [1.54, 1.807) is 7.11 Å². The van der Waals surface area contributed by atoms with Crippen LogP contribution in [-0.4, -0.2) is 13.2 Å². The average molecular weight is 207 g/mol. The van der Waals surface area contributed by atoms with Gasteiger partial charge in [-0.05, 0) is 37.8 Å². The first-order valence-corrected chi connectivity index (χ1v) is 5.43. The van der Waals surface area contributed by atoms with Crippen molar-refractivity contribution in [2.24, 2.45) is 11.7 Å². The monoisotopic (exact) mass is 207 g/mol. The van der Waals surface area contributed by atoms with Gasteiger partial charge in [0.05, 0.1) is 7.11 Å². The minimum absolute atomic E-state index is 0.218. The maximum Gasteiger partial charge on any atom is 0.122 e. The predicted octanol–water partition coefficient (Wildman–Crippen LogP) is 2.53. The van der Waals surface area contributed by atoms with Crippen LogP contribution in [0.5, 0.6) is 5.75 Å². The summed E-state index contributed by atoms with van der Waals surface area (Å²) in [6.45, 7) is 6.32. The Kier molecular flexibility index (Phi) is 4.15. The van der Waals surface area contributed by atoms with Crippen molar-refractivity contribution in [3.63, 3.8) is 0 Å². The summed E-state index contributed by atoms with van der Waals surface area (Å²) in [6, 6.07) is 6.49. The van der Waals surface area contributed by atoms with Crippen molar-refractivity contribution in [1.29, 1.82) is 0 Å². The number of hydrogen-bond donors (Lipinski definition) is 1. The number of methoxy groups -OCH3 is 1. The molecule has 1 aromatic rings. The molecule has 2 N–H and O–H groups in total. The molecule has 0 radical (unpaired) electrons. The normalized spacial score (nSPS) is 14.7. The Morgan fingerprint density at radius 1 is 1.33 bits per heavy atom. The first-order valence-electron chi connectivity index (χ1n) is 5.43. The lowest BCUT2D eigenvalue weighted by Crippen LogP contribution is -2.25. The highest BCUT2D eigenvalue weighted by Gasteiger charge is 2.11. The van der Waals surface area contributed by atoms with Gasteiger partial charge in [-0.15, -0.1) is 0 Å².